The number of hydrogen-bond donors (Lipinski definition) is 1. The second kappa shape index (κ2) is 4.47. The molecular weight excluding hydrogens is 292 g/mol. The number of thiophene rings is 1. The fraction of sp³-hybridized carbons (Fsp3) is 0.308. The third-order valence-electron chi connectivity index (χ3n) is 3.45. The van der Waals surface area contributed by atoms with E-state index < -0.39 is 0 Å². The number of rotatable bonds is 2. The van der Waals surface area contributed by atoms with E-state index >= 15 is 0 Å². The van der Waals surface area contributed by atoms with E-state index in [9.17, 15) is 4.79 Å². The SMILES string of the molecule is Cc1nn2c3c(nc2s1)CCNC3c1ccc(C=O)s1. The number of carbonyl (C=O) groups excluding carboxylic acids is 1. The predicted molar refractivity (Wildman–Crippen MR) is 78.9 cm³/mol. The Morgan fingerprint density at radius 3 is 3.15 bits per heavy atom. The van der Waals surface area contributed by atoms with Crippen molar-refractivity contribution < 1.29 is 4.79 Å². The summed E-state index contributed by atoms with van der Waals surface area (Å²) in [7, 11) is 0. The van der Waals surface area contributed by atoms with Crippen LogP contribution < -0.4 is 5.32 Å². The first-order chi connectivity index (χ1) is 9.76. The van der Waals surface area contributed by atoms with Gasteiger partial charge < -0.3 is 5.32 Å². The quantitative estimate of drug-likeness (QED) is 0.737. The Kier molecular flexibility index (Phi) is 2.73. The average molecular weight is 304 g/mol. The summed E-state index contributed by atoms with van der Waals surface area (Å²) in [4.78, 5) is 18.4. The predicted octanol–water partition coefficient (Wildman–Crippen LogP) is 2.21. The molecule has 3 aromatic rings. The summed E-state index contributed by atoms with van der Waals surface area (Å²) in [6.07, 6.45) is 1.82. The van der Waals surface area contributed by atoms with Gasteiger partial charge in [-0.15, -0.1) is 11.3 Å². The van der Waals surface area contributed by atoms with Gasteiger partial charge in [-0.25, -0.2) is 9.50 Å². The maximum absolute atomic E-state index is 10.9. The molecule has 0 aromatic carbocycles. The van der Waals surface area contributed by atoms with Crippen molar-refractivity contribution in [3.05, 3.63) is 38.3 Å². The smallest absolute Gasteiger partial charge is 0.212 e. The maximum atomic E-state index is 10.9. The van der Waals surface area contributed by atoms with Crippen molar-refractivity contribution in [1.29, 1.82) is 0 Å². The Hall–Kier alpha value is -1.57. The molecule has 0 fully saturated rings. The fourth-order valence-corrected chi connectivity index (χ4v) is 4.30. The van der Waals surface area contributed by atoms with E-state index in [1.54, 1.807) is 11.3 Å². The maximum Gasteiger partial charge on any atom is 0.212 e. The number of imidazole rings is 1. The molecule has 0 spiro atoms. The molecule has 0 saturated carbocycles. The molecule has 1 atom stereocenters. The molecule has 5 nitrogen and oxygen atoms in total. The van der Waals surface area contributed by atoms with Gasteiger partial charge in [0.2, 0.25) is 4.96 Å². The lowest BCUT2D eigenvalue weighted by Gasteiger charge is -2.22. The molecule has 7 heteroatoms. The highest BCUT2D eigenvalue weighted by Gasteiger charge is 2.29. The highest BCUT2D eigenvalue weighted by molar-refractivity contribution is 7.16. The summed E-state index contributed by atoms with van der Waals surface area (Å²) in [5.74, 6) is 0. The van der Waals surface area contributed by atoms with Gasteiger partial charge >= 0.3 is 0 Å². The third-order valence-corrected chi connectivity index (χ3v) is 5.35. The number of aryl methyl sites for hydroxylation is 1. The Labute approximate surface area is 123 Å². The largest absolute Gasteiger partial charge is 0.304 e. The monoisotopic (exact) mass is 304 g/mol. The van der Waals surface area contributed by atoms with Crippen LogP contribution in [0.3, 0.4) is 0 Å². The van der Waals surface area contributed by atoms with Crippen LogP contribution in [0.2, 0.25) is 0 Å². The van der Waals surface area contributed by atoms with E-state index in [0.29, 0.717) is 0 Å². The first kappa shape index (κ1) is 12.2. The van der Waals surface area contributed by atoms with E-state index in [-0.39, 0.29) is 6.04 Å². The molecule has 1 unspecified atom stereocenters. The van der Waals surface area contributed by atoms with Crippen molar-refractivity contribution in [2.75, 3.05) is 6.54 Å². The lowest BCUT2D eigenvalue weighted by molar-refractivity contribution is 0.112. The zero-order chi connectivity index (χ0) is 13.7. The van der Waals surface area contributed by atoms with Gasteiger partial charge in [0, 0.05) is 17.8 Å². The molecule has 1 aliphatic heterocycles. The molecule has 20 heavy (non-hydrogen) atoms. The molecule has 1 aliphatic rings. The summed E-state index contributed by atoms with van der Waals surface area (Å²) >= 11 is 3.14. The van der Waals surface area contributed by atoms with Gasteiger partial charge in [0.25, 0.3) is 0 Å². The average Bonchev–Trinajstić information content (AvgIpc) is 3.11. The minimum absolute atomic E-state index is 0.0777. The second-order valence-electron chi connectivity index (χ2n) is 4.75. The molecule has 0 aliphatic carbocycles. The third kappa shape index (κ3) is 1.74. The minimum atomic E-state index is 0.0777. The number of carbonyl (C=O) groups is 1. The lowest BCUT2D eigenvalue weighted by atomic mass is 10.0. The minimum Gasteiger partial charge on any atom is -0.304 e. The molecular formula is C13H12N4OS2. The highest BCUT2D eigenvalue weighted by atomic mass is 32.1. The van der Waals surface area contributed by atoms with Crippen molar-refractivity contribution >= 4 is 33.9 Å². The number of fused-ring (bicyclic) bond motifs is 3. The van der Waals surface area contributed by atoms with Crippen LogP contribution in [0.1, 0.15) is 37.0 Å². The van der Waals surface area contributed by atoms with Crippen LogP contribution >= 0.6 is 22.7 Å². The van der Waals surface area contributed by atoms with Crippen molar-refractivity contribution in [2.45, 2.75) is 19.4 Å². The second-order valence-corrected chi connectivity index (χ2v) is 7.06. The van der Waals surface area contributed by atoms with Crippen LogP contribution in [0.25, 0.3) is 4.96 Å². The Morgan fingerprint density at radius 1 is 1.45 bits per heavy atom. The summed E-state index contributed by atoms with van der Waals surface area (Å²) in [5.41, 5.74) is 2.24. The highest BCUT2D eigenvalue weighted by Crippen LogP contribution is 2.33. The van der Waals surface area contributed by atoms with Gasteiger partial charge in [-0.2, -0.15) is 5.10 Å². The number of aromatic nitrogens is 3. The first-order valence-electron chi connectivity index (χ1n) is 6.39. The molecule has 0 saturated heterocycles. The molecule has 3 aromatic heterocycles. The van der Waals surface area contributed by atoms with Gasteiger partial charge in [0.05, 0.1) is 22.3 Å². The molecule has 0 bridgehead atoms. The van der Waals surface area contributed by atoms with Crippen LogP contribution in [0.4, 0.5) is 0 Å². The summed E-state index contributed by atoms with van der Waals surface area (Å²) in [6.45, 7) is 2.89. The Bertz CT molecular complexity index is 801. The van der Waals surface area contributed by atoms with E-state index in [2.05, 4.69) is 10.4 Å². The van der Waals surface area contributed by atoms with E-state index in [4.69, 9.17) is 4.98 Å². The molecule has 4 rings (SSSR count). The van der Waals surface area contributed by atoms with Crippen LogP contribution in [-0.2, 0) is 6.42 Å². The van der Waals surface area contributed by atoms with Crippen LogP contribution in [0, 0.1) is 6.92 Å². The summed E-state index contributed by atoms with van der Waals surface area (Å²) in [5, 5.41) is 9.09. The number of hydrogen-bond acceptors (Lipinski definition) is 6. The first-order valence-corrected chi connectivity index (χ1v) is 8.03. The van der Waals surface area contributed by atoms with Gasteiger partial charge in [-0.05, 0) is 19.1 Å². The van der Waals surface area contributed by atoms with Crippen molar-refractivity contribution in [1.82, 2.24) is 19.9 Å². The van der Waals surface area contributed by atoms with Gasteiger partial charge in [0.15, 0.2) is 6.29 Å². The van der Waals surface area contributed by atoms with Crippen LogP contribution in [-0.4, -0.2) is 27.4 Å². The van der Waals surface area contributed by atoms with Gasteiger partial charge in [-0.1, -0.05) is 11.3 Å². The van der Waals surface area contributed by atoms with Crippen LogP contribution in [0.15, 0.2) is 12.1 Å². The molecule has 4 heterocycles. The number of nitrogens with one attached hydrogen (secondary N) is 1. The van der Waals surface area contributed by atoms with Gasteiger partial charge in [0.1, 0.15) is 5.01 Å². The number of nitrogens with zero attached hydrogens (tertiary/aromatic N) is 3. The normalized spacial score (nSPS) is 18.4. The number of aldehydes is 1. The van der Waals surface area contributed by atoms with E-state index in [1.807, 2.05) is 23.6 Å². The standard InChI is InChI=1S/C13H12N4OS2/c1-7-16-17-12-9(15-13(17)19-7)4-5-14-11(12)10-3-2-8(6-18)20-10/h2-3,6,11,14H,4-5H2,1H3. The summed E-state index contributed by atoms with van der Waals surface area (Å²) in [6, 6.07) is 3.96. The zero-order valence-electron chi connectivity index (χ0n) is 10.8. The van der Waals surface area contributed by atoms with E-state index in [1.165, 1.54) is 11.3 Å². The lowest BCUT2D eigenvalue weighted by Crippen LogP contribution is -2.31. The van der Waals surface area contributed by atoms with Crippen molar-refractivity contribution in [3.63, 3.8) is 0 Å². The van der Waals surface area contributed by atoms with Crippen LogP contribution in [0.5, 0.6) is 0 Å². The fourth-order valence-electron chi connectivity index (χ4n) is 2.63. The molecule has 0 radical (unpaired) electrons. The summed E-state index contributed by atoms with van der Waals surface area (Å²) < 4.78 is 1.95. The molecule has 102 valence electrons. The van der Waals surface area contributed by atoms with E-state index in [0.717, 1.165) is 50.4 Å². The van der Waals surface area contributed by atoms with Crippen molar-refractivity contribution in [2.24, 2.45) is 0 Å². The Balaban J connectivity index is 1.89. The van der Waals surface area contributed by atoms with Gasteiger partial charge in [-0.3, -0.25) is 4.79 Å². The molecule has 1 N–H and O–H groups in total. The zero-order valence-corrected chi connectivity index (χ0v) is 12.4. The Morgan fingerprint density at radius 2 is 2.35 bits per heavy atom. The topological polar surface area (TPSA) is 59.3 Å². The molecule has 0 amide bonds. The van der Waals surface area contributed by atoms with Crippen molar-refractivity contribution in [3.8, 4) is 0 Å².